The zero-order valence-electron chi connectivity index (χ0n) is 12.3. The second kappa shape index (κ2) is 7.13. The van der Waals surface area contributed by atoms with Gasteiger partial charge in [0.05, 0.1) is 4.90 Å². The topological polar surface area (TPSA) is 127 Å². The number of sulfone groups is 1. The summed E-state index contributed by atoms with van der Waals surface area (Å²) in [6.07, 6.45) is -4.92. The second-order valence-corrected chi connectivity index (χ2v) is 7.53. The van der Waals surface area contributed by atoms with E-state index in [0.29, 0.717) is 0 Å². The van der Waals surface area contributed by atoms with Crippen molar-refractivity contribution in [1.82, 2.24) is 4.72 Å². The molecule has 13 heteroatoms. The highest BCUT2D eigenvalue weighted by Gasteiger charge is 2.42. The molecule has 0 aliphatic rings. The quantitative estimate of drug-likeness (QED) is 0.432. The highest BCUT2D eigenvalue weighted by atomic mass is 32.2. The van der Waals surface area contributed by atoms with E-state index in [1.54, 1.807) is 0 Å². The van der Waals surface area contributed by atoms with Gasteiger partial charge in [-0.05, 0) is 30.5 Å². The predicted molar refractivity (Wildman–Crippen MR) is 77.7 cm³/mol. The molecule has 1 rings (SSSR count). The smallest absolute Gasteiger partial charge is 0.294 e. The average molecular weight is 390 g/mol. The van der Waals surface area contributed by atoms with Gasteiger partial charge in [-0.15, -0.1) is 0 Å². The van der Waals surface area contributed by atoms with Crippen LogP contribution in [0, 0.1) is 24.0 Å². The van der Waals surface area contributed by atoms with Gasteiger partial charge in [0.1, 0.15) is 6.04 Å². The summed E-state index contributed by atoms with van der Waals surface area (Å²) in [5.41, 5.74) is -0.752. The van der Waals surface area contributed by atoms with E-state index in [4.69, 9.17) is 4.55 Å². The molecule has 0 bridgehead atoms. The van der Waals surface area contributed by atoms with E-state index in [0.717, 1.165) is 12.1 Å². The minimum Gasteiger partial charge on any atom is -0.294 e. The Hall–Kier alpha value is -1.57. The Bertz CT molecular complexity index is 755. The lowest BCUT2D eigenvalue weighted by Gasteiger charge is -2.22. The van der Waals surface area contributed by atoms with Gasteiger partial charge in [-0.2, -0.15) is 17.9 Å². The number of rotatable bonds is 6. The van der Waals surface area contributed by atoms with Crippen molar-refractivity contribution in [2.75, 3.05) is 5.88 Å². The number of nitro groups is 1. The minimum atomic E-state index is -4.92. The molecule has 0 spiro atoms. The molecule has 0 aromatic heterocycles. The zero-order chi connectivity index (χ0) is 18.9. The van der Waals surface area contributed by atoms with Crippen LogP contribution in [0.1, 0.15) is 22.7 Å². The molecule has 0 saturated heterocycles. The Kier molecular flexibility index (Phi) is 6.08. The number of aryl methyl sites for hydroxylation is 2. The van der Waals surface area contributed by atoms with Gasteiger partial charge in [0.2, 0.25) is 21.1 Å². The van der Waals surface area contributed by atoms with Gasteiger partial charge >= 0.3 is 12.1 Å². The normalized spacial score (nSPS) is 15.1. The molecule has 2 unspecified atom stereocenters. The molecule has 0 saturated carbocycles. The molecule has 0 radical (unpaired) electrons. The standard InChI is InChI=1S/C11H13F3N2O6S2/c1-6-3-8(10(11(12,13)14)15-23(19)20)4-7(2)9(6)24(21,22)5-16(17)18/h3-4,10,15H,5H2,1-2H3,(H,19,20). The van der Waals surface area contributed by atoms with Crippen molar-refractivity contribution in [3.8, 4) is 0 Å². The third-order valence-electron chi connectivity index (χ3n) is 2.95. The van der Waals surface area contributed by atoms with Crippen LogP contribution in [-0.4, -0.2) is 34.2 Å². The fourth-order valence-corrected chi connectivity index (χ4v) is 4.25. The molecule has 0 heterocycles. The third-order valence-corrected chi connectivity index (χ3v) is 5.20. The predicted octanol–water partition coefficient (Wildman–Crippen LogP) is 1.64. The number of hydrogen-bond acceptors (Lipinski definition) is 5. The lowest BCUT2D eigenvalue weighted by molar-refractivity contribution is -0.458. The summed E-state index contributed by atoms with van der Waals surface area (Å²) in [5, 5.41) is 10.4. The molecule has 1 aromatic carbocycles. The maximum Gasteiger partial charge on any atom is 0.408 e. The lowest BCUT2D eigenvalue weighted by Crippen LogP contribution is -2.35. The lowest BCUT2D eigenvalue weighted by atomic mass is 10.0. The number of halogens is 3. The SMILES string of the molecule is Cc1cc(C(NS(=O)O)C(F)(F)F)cc(C)c1S(=O)(=O)C[N+](=O)[O-]. The van der Waals surface area contributed by atoms with E-state index in [1.165, 1.54) is 18.6 Å². The van der Waals surface area contributed by atoms with Crippen LogP contribution in [0.15, 0.2) is 17.0 Å². The Morgan fingerprint density at radius 2 is 1.79 bits per heavy atom. The van der Waals surface area contributed by atoms with E-state index < -0.39 is 54.6 Å². The molecule has 2 N–H and O–H groups in total. The molecule has 8 nitrogen and oxygen atoms in total. The van der Waals surface area contributed by atoms with Gasteiger partial charge in [-0.25, -0.2) is 12.6 Å². The van der Waals surface area contributed by atoms with Gasteiger partial charge in [0.25, 0.3) is 0 Å². The molecule has 0 aliphatic heterocycles. The summed E-state index contributed by atoms with van der Waals surface area (Å²) in [5.74, 6) is -1.39. The molecule has 136 valence electrons. The Balaban J connectivity index is 3.47. The van der Waals surface area contributed by atoms with Gasteiger partial charge in [-0.1, -0.05) is 12.1 Å². The van der Waals surface area contributed by atoms with Gasteiger partial charge in [0, 0.05) is 4.92 Å². The van der Waals surface area contributed by atoms with E-state index in [9.17, 15) is 35.9 Å². The summed E-state index contributed by atoms with van der Waals surface area (Å²) in [6, 6.07) is -0.789. The first kappa shape index (κ1) is 20.5. The van der Waals surface area contributed by atoms with Crippen molar-refractivity contribution < 1.29 is 35.3 Å². The first-order valence-electron chi connectivity index (χ1n) is 6.15. The first-order chi connectivity index (χ1) is 10.8. The van der Waals surface area contributed by atoms with Crippen molar-refractivity contribution in [2.45, 2.75) is 31.0 Å². The summed E-state index contributed by atoms with van der Waals surface area (Å²) >= 11 is -2.96. The van der Waals surface area contributed by atoms with Gasteiger partial charge in [0.15, 0.2) is 0 Å². The zero-order valence-corrected chi connectivity index (χ0v) is 14.0. The van der Waals surface area contributed by atoms with E-state index in [-0.39, 0.29) is 11.1 Å². The minimum absolute atomic E-state index is 0.133. The monoisotopic (exact) mass is 390 g/mol. The molecule has 24 heavy (non-hydrogen) atoms. The van der Waals surface area contributed by atoms with Crippen LogP contribution in [0.4, 0.5) is 13.2 Å². The highest BCUT2D eigenvalue weighted by Crippen LogP contribution is 2.35. The number of hydrogen-bond donors (Lipinski definition) is 2. The number of benzene rings is 1. The number of nitrogens with zero attached hydrogens (tertiary/aromatic N) is 1. The van der Waals surface area contributed by atoms with Crippen LogP contribution in [0.3, 0.4) is 0 Å². The van der Waals surface area contributed by atoms with Crippen LogP contribution in [0.5, 0.6) is 0 Å². The fourth-order valence-electron chi connectivity index (χ4n) is 2.27. The van der Waals surface area contributed by atoms with Crippen molar-refractivity contribution in [3.05, 3.63) is 38.9 Å². The molecule has 1 aromatic rings. The Morgan fingerprint density at radius 1 is 1.33 bits per heavy atom. The number of alkyl halides is 3. The summed E-state index contributed by atoms with van der Waals surface area (Å²) in [4.78, 5) is 8.95. The Morgan fingerprint density at radius 3 is 2.12 bits per heavy atom. The summed E-state index contributed by atoms with van der Waals surface area (Å²) in [7, 11) is -4.33. The van der Waals surface area contributed by atoms with Crippen LogP contribution >= 0.6 is 0 Å². The van der Waals surface area contributed by atoms with E-state index >= 15 is 0 Å². The van der Waals surface area contributed by atoms with Gasteiger partial charge < -0.3 is 0 Å². The third kappa shape index (κ3) is 4.96. The molecular weight excluding hydrogens is 377 g/mol. The van der Waals surface area contributed by atoms with Crippen LogP contribution < -0.4 is 4.72 Å². The first-order valence-corrected chi connectivity index (χ1v) is 8.91. The summed E-state index contributed by atoms with van der Waals surface area (Å²) in [6.45, 7) is 2.37. The van der Waals surface area contributed by atoms with Crippen LogP contribution in [0.25, 0.3) is 0 Å². The van der Waals surface area contributed by atoms with E-state index in [2.05, 4.69) is 0 Å². The number of nitrogens with one attached hydrogen (secondary N) is 1. The second-order valence-electron chi connectivity index (χ2n) is 4.90. The van der Waals surface area contributed by atoms with Crippen molar-refractivity contribution >= 4 is 21.1 Å². The van der Waals surface area contributed by atoms with Crippen molar-refractivity contribution in [2.24, 2.45) is 0 Å². The molecule has 0 fully saturated rings. The van der Waals surface area contributed by atoms with Crippen LogP contribution in [-0.2, 0) is 21.1 Å². The van der Waals surface area contributed by atoms with E-state index in [1.807, 2.05) is 0 Å². The molecule has 2 atom stereocenters. The molecular formula is C11H13F3N2O6S2. The van der Waals surface area contributed by atoms with Crippen molar-refractivity contribution in [1.29, 1.82) is 0 Å². The van der Waals surface area contributed by atoms with Crippen molar-refractivity contribution in [3.63, 3.8) is 0 Å². The fraction of sp³-hybridized carbons (Fsp3) is 0.455. The Labute approximate surface area is 137 Å². The van der Waals surface area contributed by atoms with Crippen LogP contribution in [0.2, 0.25) is 0 Å². The average Bonchev–Trinajstić information content (AvgIpc) is 2.31. The van der Waals surface area contributed by atoms with Gasteiger partial charge in [-0.3, -0.25) is 14.7 Å². The largest absolute Gasteiger partial charge is 0.408 e. The maximum atomic E-state index is 13.0. The molecule has 0 amide bonds. The summed E-state index contributed by atoms with van der Waals surface area (Å²) < 4.78 is 83.8. The molecule has 0 aliphatic carbocycles. The highest BCUT2D eigenvalue weighted by molar-refractivity contribution is 7.91. The maximum absolute atomic E-state index is 13.0.